The molecule has 0 radical (unpaired) electrons. The lowest BCUT2D eigenvalue weighted by atomic mass is 10.1. The first kappa shape index (κ1) is 18.8. The van der Waals surface area contributed by atoms with E-state index in [0.29, 0.717) is 6.54 Å². The number of thiophene rings is 1. The zero-order valence-corrected chi connectivity index (χ0v) is 17.0. The van der Waals surface area contributed by atoms with E-state index in [1.165, 1.54) is 10.4 Å². The van der Waals surface area contributed by atoms with Gasteiger partial charge in [0, 0.05) is 22.4 Å². The van der Waals surface area contributed by atoms with Crippen molar-refractivity contribution in [1.29, 1.82) is 0 Å². The summed E-state index contributed by atoms with van der Waals surface area (Å²) in [6.45, 7) is 6.29. The zero-order valence-electron chi connectivity index (χ0n) is 13.8. The molecule has 0 atom stereocenters. The van der Waals surface area contributed by atoms with Gasteiger partial charge in [0.05, 0.1) is 6.54 Å². The number of hydrogen-bond acceptors (Lipinski definition) is 3. The molecule has 3 rings (SSSR count). The molecule has 0 saturated heterocycles. The SMILES string of the molecule is CCNC(=NCc1oc2ccccc2c1C)NCc1cccs1.I. The number of aliphatic imine (C=N–C) groups is 1. The first-order valence-electron chi connectivity index (χ1n) is 7.79. The van der Waals surface area contributed by atoms with Gasteiger partial charge in [-0.25, -0.2) is 4.99 Å². The van der Waals surface area contributed by atoms with Gasteiger partial charge < -0.3 is 15.1 Å². The van der Waals surface area contributed by atoms with Gasteiger partial charge >= 0.3 is 0 Å². The van der Waals surface area contributed by atoms with Gasteiger partial charge in [-0.2, -0.15) is 0 Å². The van der Waals surface area contributed by atoms with Crippen LogP contribution in [0.3, 0.4) is 0 Å². The average Bonchev–Trinajstić information content (AvgIpc) is 3.19. The van der Waals surface area contributed by atoms with Crippen LogP contribution in [0.15, 0.2) is 51.2 Å². The summed E-state index contributed by atoms with van der Waals surface area (Å²) in [6, 6.07) is 12.3. The fraction of sp³-hybridized carbons (Fsp3) is 0.278. The van der Waals surface area contributed by atoms with Crippen LogP contribution in [0.25, 0.3) is 11.0 Å². The highest BCUT2D eigenvalue weighted by Gasteiger charge is 2.09. The molecule has 0 aliphatic carbocycles. The quantitative estimate of drug-likeness (QED) is 0.334. The maximum atomic E-state index is 5.92. The zero-order chi connectivity index (χ0) is 16.1. The van der Waals surface area contributed by atoms with Crippen LogP contribution >= 0.6 is 35.3 Å². The molecule has 0 spiro atoms. The minimum atomic E-state index is 0. The number of halogens is 1. The van der Waals surface area contributed by atoms with Crippen LogP contribution in [0.2, 0.25) is 0 Å². The van der Waals surface area contributed by atoms with Gasteiger partial charge in [-0.3, -0.25) is 0 Å². The molecule has 0 bridgehead atoms. The molecule has 3 aromatic rings. The Morgan fingerprint density at radius 1 is 1.17 bits per heavy atom. The summed E-state index contributed by atoms with van der Waals surface area (Å²) in [5.74, 6) is 1.72. The lowest BCUT2D eigenvalue weighted by molar-refractivity contribution is 0.548. The van der Waals surface area contributed by atoms with E-state index in [9.17, 15) is 0 Å². The van der Waals surface area contributed by atoms with E-state index in [1.54, 1.807) is 11.3 Å². The van der Waals surface area contributed by atoms with Crippen LogP contribution in [0.5, 0.6) is 0 Å². The molecule has 2 heterocycles. The van der Waals surface area contributed by atoms with Gasteiger partial charge in [0.25, 0.3) is 0 Å². The van der Waals surface area contributed by atoms with E-state index in [4.69, 9.17) is 4.42 Å². The molecule has 0 unspecified atom stereocenters. The van der Waals surface area contributed by atoms with Crippen molar-refractivity contribution in [2.24, 2.45) is 4.99 Å². The Balaban J connectivity index is 0.00000208. The molecule has 4 nitrogen and oxygen atoms in total. The Hall–Kier alpha value is -1.54. The normalized spacial score (nSPS) is 11.3. The molecular formula is C18H22IN3OS. The van der Waals surface area contributed by atoms with Crippen molar-refractivity contribution in [3.63, 3.8) is 0 Å². The topological polar surface area (TPSA) is 49.6 Å². The van der Waals surface area contributed by atoms with Gasteiger partial charge in [0.15, 0.2) is 5.96 Å². The smallest absolute Gasteiger partial charge is 0.191 e. The fourth-order valence-electron chi connectivity index (χ4n) is 2.45. The van der Waals surface area contributed by atoms with Crippen molar-refractivity contribution in [2.75, 3.05) is 6.54 Å². The Morgan fingerprint density at radius 3 is 2.71 bits per heavy atom. The van der Waals surface area contributed by atoms with Crippen molar-refractivity contribution in [1.82, 2.24) is 10.6 Å². The Kier molecular flexibility index (Phi) is 7.11. The van der Waals surface area contributed by atoms with Crippen molar-refractivity contribution < 1.29 is 4.42 Å². The summed E-state index contributed by atoms with van der Waals surface area (Å²) in [4.78, 5) is 5.93. The molecular weight excluding hydrogens is 433 g/mol. The van der Waals surface area contributed by atoms with E-state index in [0.717, 1.165) is 35.8 Å². The third-order valence-corrected chi connectivity index (χ3v) is 4.55. The highest BCUT2D eigenvalue weighted by molar-refractivity contribution is 14.0. The number of hydrogen-bond donors (Lipinski definition) is 2. The number of benzene rings is 1. The van der Waals surface area contributed by atoms with Crippen LogP contribution in [0, 0.1) is 6.92 Å². The number of nitrogens with zero attached hydrogens (tertiary/aromatic N) is 1. The summed E-state index contributed by atoms with van der Waals surface area (Å²) in [5.41, 5.74) is 2.09. The highest BCUT2D eigenvalue weighted by atomic mass is 127. The van der Waals surface area contributed by atoms with Crippen molar-refractivity contribution >= 4 is 52.2 Å². The second-order valence-electron chi connectivity index (χ2n) is 5.27. The second kappa shape index (κ2) is 9.08. The molecule has 6 heteroatoms. The molecule has 0 aliphatic heterocycles. The summed E-state index contributed by atoms with van der Waals surface area (Å²) in [7, 11) is 0. The summed E-state index contributed by atoms with van der Waals surface area (Å²) < 4.78 is 5.92. The highest BCUT2D eigenvalue weighted by Crippen LogP contribution is 2.25. The van der Waals surface area contributed by atoms with E-state index in [1.807, 2.05) is 18.2 Å². The summed E-state index contributed by atoms with van der Waals surface area (Å²) in [6.07, 6.45) is 0. The number of furan rings is 1. The number of nitrogens with one attached hydrogen (secondary N) is 2. The fourth-order valence-corrected chi connectivity index (χ4v) is 3.10. The maximum Gasteiger partial charge on any atom is 0.191 e. The summed E-state index contributed by atoms with van der Waals surface area (Å²) >= 11 is 1.74. The van der Waals surface area contributed by atoms with E-state index >= 15 is 0 Å². The van der Waals surface area contributed by atoms with Crippen molar-refractivity contribution in [3.05, 3.63) is 58.0 Å². The number of para-hydroxylation sites is 1. The van der Waals surface area contributed by atoms with Gasteiger partial charge in [-0.05, 0) is 31.4 Å². The first-order valence-corrected chi connectivity index (χ1v) is 8.67. The molecule has 2 aromatic heterocycles. The number of aryl methyl sites for hydroxylation is 1. The molecule has 24 heavy (non-hydrogen) atoms. The Morgan fingerprint density at radius 2 is 2.00 bits per heavy atom. The lowest BCUT2D eigenvalue weighted by Gasteiger charge is -2.10. The van der Waals surface area contributed by atoms with Crippen LogP contribution in [0.1, 0.15) is 23.1 Å². The Bertz CT molecular complexity index is 796. The lowest BCUT2D eigenvalue weighted by Crippen LogP contribution is -2.36. The molecule has 128 valence electrons. The number of fused-ring (bicyclic) bond motifs is 1. The largest absolute Gasteiger partial charge is 0.459 e. The summed E-state index contributed by atoms with van der Waals surface area (Å²) in [5, 5.41) is 9.87. The average molecular weight is 455 g/mol. The molecule has 2 N–H and O–H groups in total. The monoisotopic (exact) mass is 455 g/mol. The standard InChI is InChI=1S/C18H21N3OS.HI/c1-3-19-18(20-11-14-7-6-10-23-14)21-12-17-13(2)15-8-4-5-9-16(15)22-17;/h4-10H,3,11-12H2,1-2H3,(H2,19,20,21);1H. The molecule has 0 fully saturated rings. The van der Waals surface area contributed by atoms with E-state index < -0.39 is 0 Å². The van der Waals surface area contributed by atoms with Crippen LogP contribution in [-0.2, 0) is 13.1 Å². The third-order valence-electron chi connectivity index (χ3n) is 3.68. The minimum Gasteiger partial charge on any atom is -0.459 e. The number of rotatable bonds is 5. The van der Waals surface area contributed by atoms with Gasteiger partial charge in [-0.15, -0.1) is 35.3 Å². The first-order chi connectivity index (χ1) is 11.3. The maximum absolute atomic E-state index is 5.92. The van der Waals surface area contributed by atoms with E-state index in [-0.39, 0.29) is 24.0 Å². The molecule has 0 saturated carbocycles. The van der Waals surface area contributed by atoms with Crippen LogP contribution in [0.4, 0.5) is 0 Å². The van der Waals surface area contributed by atoms with Gasteiger partial charge in [0.2, 0.25) is 0 Å². The Labute approximate surface area is 163 Å². The van der Waals surface area contributed by atoms with Gasteiger partial charge in [0.1, 0.15) is 17.9 Å². The van der Waals surface area contributed by atoms with Crippen molar-refractivity contribution in [2.45, 2.75) is 26.9 Å². The van der Waals surface area contributed by atoms with Crippen LogP contribution < -0.4 is 10.6 Å². The van der Waals surface area contributed by atoms with E-state index in [2.05, 4.69) is 53.1 Å². The van der Waals surface area contributed by atoms with Gasteiger partial charge in [-0.1, -0.05) is 24.3 Å². The molecule has 1 aromatic carbocycles. The predicted molar refractivity (Wildman–Crippen MR) is 112 cm³/mol. The molecule has 0 aliphatic rings. The predicted octanol–water partition coefficient (Wildman–Crippen LogP) is 4.68. The minimum absolute atomic E-state index is 0. The second-order valence-corrected chi connectivity index (χ2v) is 6.31. The third kappa shape index (κ3) is 4.51. The number of guanidine groups is 1. The van der Waals surface area contributed by atoms with Crippen molar-refractivity contribution in [3.8, 4) is 0 Å². The van der Waals surface area contributed by atoms with Crippen LogP contribution in [-0.4, -0.2) is 12.5 Å². The molecule has 0 amide bonds.